The Morgan fingerprint density at radius 2 is 1.82 bits per heavy atom. The van der Waals surface area contributed by atoms with Crippen molar-refractivity contribution in [1.29, 1.82) is 0 Å². The van der Waals surface area contributed by atoms with Crippen LogP contribution in [-0.4, -0.2) is 42.3 Å². The number of halogens is 3. The largest absolute Gasteiger partial charge is 0.493 e. The molecular formula is C22H18Cl3NO6S. The lowest BCUT2D eigenvalue weighted by molar-refractivity contribution is -0.145. The molecule has 0 N–H and O–H groups in total. The Morgan fingerprint density at radius 1 is 1.12 bits per heavy atom. The summed E-state index contributed by atoms with van der Waals surface area (Å²) in [4.78, 5) is 38.2. The van der Waals surface area contributed by atoms with E-state index in [1.807, 2.05) is 0 Å². The first-order valence-electron chi connectivity index (χ1n) is 9.59. The summed E-state index contributed by atoms with van der Waals surface area (Å²) in [7, 11) is 1.41. The van der Waals surface area contributed by atoms with E-state index in [9.17, 15) is 14.4 Å². The van der Waals surface area contributed by atoms with Crippen LogP contribution < -0.4 is 9.47 Å². The van der Waals surface area contributed by atoms with Gasteiger partial charge in [-0.2, -0.15) is 0 Å². The molecule has 0 unspecified atom stereocenters. The van der Waals surface area contributed by atoms with Gasteiger partial charge in [-0.1, -0.05) is 40.9 Å². The molecular weight excluding hydrogens is 513 g/mol. The molecule has 174 valence electrons. The van der Waals surface area contributed by atoms with Gasteiger partial charge in [-0.3, -0.25) is 14.5 Å². The summed E-state index contributed by atoms with van der Waals surface area (Å²) in [6.07, 6.45) is 1.52. The van der Waals surface area contributed by atoms with Crippen LogP contribution in [0, 0.1) is 0 Å². The van der Waals surface area contributed by atoms with Gasteiger partial charge in [0, 0.05) is 15.6 Å². The smallest absolute Gasteiger partial charge is 0.344 e. The second kappa shape index (κ2) is 11.2. The van der Waals surface area contributed by atoms with E-state index in [1.165, 1.54) is 19.3 Å². The lowest BCUT2D eigenvalue weighted by Gasteiger charge is -2.15. The Hall–Kier alpha value is -2.39. The highest BCUT2D eigenvalue weighted by atomic mass is 35.5. The number of thioether (sulfide) groups is 1. The molecule has 2 aromatic carbocycles. The summed E-state index contributed by atoms with van der Waals surface area (Å²) in [6, 6.07) is 8.06. The third kappa shape index (κ3) is 5.95. The second-order valence-electron chi connectivity index (χ2n) is 6.60. The summed E-state index contributed by atoms with van der Waals surface area (Å²) in [5.41, 5.74) is 0.985. The molecule has 33 heavy (non-hydrogen) atoms. The Balaban J connectivity index is 1.83. The van der Waals surface area contributed by atoms with Crippen molar-refractivity contribution >= 4 is 69.8 Å². The first kappa shape index (κ1) is 25.2. The lowest BCUT2D eigenvalue weighted by Crippen LogP contribution is -2.27. The fraction of sp³-hybridized carbons (Fsp3) is 0.227. The van der Waals surface area contributed by atoms with E-state index in [1.54, 1.807) is 31.2 Å². The van der Waals surface area contributed by atoms with E-state index in [4.69, 9.17) is 49.0 Å². The third-order valence-electron chi connectivity index (χ3n) is 4.44. The fourth-order valence-electron chi connectivity index (χ4n) is 2.93. The molecule has 1 aliphatic heterocycles. The highest BCUT2D eigenvalue weighted by Gasteiger charge is 2.35. The van der Waals surface area contributed by atoms with E-state index in [2.05, 4.69) is 0 Å². The number of methoxy groups -OCH3 is 1. The van der Waals surface area contributed by atoms with Crippen LogP contribution >= 0.6 is 46.6 Å². The molecule has 0 aromatic heterocycles. The molecule has 1 saturated heterocycles. The molecule has 0 atom stereocenters. The average molecular weight is 531 g/mol. The Morgan fingerprint density at radius 3 is 2.45 bits per heavy atom. The van der Waals surface area contributed by atoms with Crippen LogP contribution in [0.2, 0.25) is 15.1 Å². The van der Waals surface area contributed by atoms with Crippen molar-refractivity contribution in [2.24, 2.45) is 0 Å². The average Bonchev–Trinajstić information content (AvgIpc) is 3.02. The number of benzene rings is 2. The van der Waals surface area contributed by atoms with Gasteiger partial charge in [0.1, 0.15) is 0 Å². The predicted octanol–water partition coefficient (Wildman–Crippen LogP) is 5.83. The highest BCUT2D eigenvalue weighted by Crippen LogP contribution is 2.39. The maximum Gasteiger partial charge on any atom is 0.344 e. The monoisotopic (exact) mass is 529 g/mol. The van der Waals surface area contributed by atoms with Gasteiger partial charge in [0.15, 0.2) is 18.1 Å². The Bertz CT molecular complexity index is 1120. The zero-order valence-corrected chi connectivity index (χ0v) is 20.6. The van der Waals surface area contributed by atoms with Gasteiger partial charge in [-0.05, 0) is 54.6 Å². The lowest BCUT2D eigenvalue weighted by atomic mass is 10.1. The fourth-order valence-corrected chi connectivity index (χ4v) is 4.56. The standard InChI is InChI=1S/C22H18Cl3NO6S/c1-3-31-19(27)11-32-20-16(25)7-12(8-17(20)30-2)9-18-21(28)26(22(29)33-18)10-13-14(23)5-4-6-15(13)24/h4-9H,3,10-11H2,1-2H3/b18-9+. The number of rotatable bonds is 8. The van der Waals surface area contributed by atoms with Gasteiger partial charge < -0.3 is 14.2 Å². The summed E-state index contributed by atoms with van der Waals surface area (Å²) < 4.78 is 15.6. The molecule has 1 fully saturated rings. The van der Waals surface area contributed by atoms with Crippen LogP contribution in [0.3, 0.4) is 0 Å². The quantitative estimate of drug-likeness (QED) is 0.313. The summed E-state index contributed by atoms with van der Waals surface area (Å²) in [6.45, 7) is 1.52. The molecule has 0 radical (unpaired) electrons. The van der Waals surface area contributed by atoms with Gasteiger partial charge in [0.2, 0.25) is 0 Å². The first-order chi connectivity index (χ1) is 15.7. The van der Waals surface area contributed by atoms with E-state index in [0.29, 0.717) is 21.2 Å². The molecule has 0 bridgehead atoms. The predicted molar refractivity (Wildman–Crippen MR) is 128 cm³/mol. The number of amides is 2. The highest BCUT2D eigenvalue weighted by molar-refractivity contribution is 8.18. The molecule has 7 nitrogen and oxygen atoms in total. The van der Waals surface area contributed by atoms with E-state index >= 15 is 0 Å². The van der Waals surface area contributed by atoms with Gasteiger partial charge in [-0.25, -0.2) is 4.79 Å². The van der Waals surface area contributed by atoms with Crippen molar-refractivity contribution in [3.63, 3.8) is 0 Å². The van der Waals surface area contributed by atoms with Crippen LogP contribution in [0.25, 0.3) is 6.08 Å². The van der Waals surface area contributed by atoms with Crippen LogP contribution in [0.5, 0.6) is 11.5 Å². The normalized spacial score (nSPS) is 14.7. The Labute approximate surface area is 209 Å². The Kier molecular flexibility index (Phi) is 8.53. The summed E-state index contributed by atoms with van der Waals surface area (Å²) in [5.74, 6) is -0.628. The molecule has 2 aromatic rings. The van der Waals surface area contributed by atoms with Crippen LogP contribution in [0.15, 0.2) is 35.2 Å². The maximum absolute atomic E-state index is 12.9. The van der Waals surface area contributed by atoms with Gasteiger partial charge in [0.05, 0.1) is 30.2 Å². The van der Waals surface area contributed by atoms with Crippen molar-refractivity contribution in [3.05, 3.63) is 61.4 Å². The number of carbonyl (C=O) groups is 3. The molecule has 2 amide bonds. The zero-order valence-electron chi connectivity index (χ0n) is 17.5. The molecule has 0 saturated carbocycles. The molecule has 1 aliphatic rings. The number of hydrogen-bond acceptors (Lipinski definition) is 7. The topological polar surface area (TPSA) is 82.1 Å². The van der Waals surface area contributed by atoms with Gasteiger partial charge >= 0.3 is 5.97 Å². The molecule has 0 aliphatic carbocycles. The number of hydrogen-bond donors (Lipinski definition) is 0. The minimum Gasteiger partial charge on any atom is -0.493 e. The number of esters is 1. The molecule has 11 heteroatoms. The molecule has 0 spiro atoms. The maximum atomic E-state index is 12.9. The van der Waals surface area contributed by atoms with E-state index in [0.717, 1.165) is 16.7 Å². The zero-order chi connectivity index (χ0) is 24.1. The summed E-state index contributed by atoms with van der Waals surface area (Å²) >= 11 is 19.4. The van der Waals surface area contributed by atoms with Crippen molar-refractivity contribution in [1.82, 2.24) is 4.90 Å². The molecule has 3 rings (SSSR count). The van der Waals surface area contributed by atoms with Crippen LogP contribution in [0.1, 0.15) is 18.1 Å². The van der Waals surface area contributed by atoms with E-state index in [-0.39, 0.29) is 41.2 Å². The first-order valence-corrected chi connectivity index (χ1v) is 11.5. The minimum absolute atomic E-state index is 0.0504. The number of imide groups is 1. The molecule has 1 heterocycles. The third-order valence-corrected chi connectivity index (χ3v) is 6.34. The van der Waals surface area contributed by atoms with Gasteiger partial charge in [0.25, 0.3) is 11.1 Å². The summed E-state index contributed by atoms with van der Waals surface area (Å²) in [5, 5.41) is 0.433. The van der Waals surface area contributed by atoms with Crippen LogP contribution in [-0.2, 0) is 20.9 Å². The van der Waals surface area contributed by atoms with Crippen molar-refractivity contribution < 1.29 is 28.6 Å². The number of ether oxygens (including phenoxy) is 3. The van der Waals surface area contributed by atoms with Crippen LogP contribution in [0.4, 0.5) is 4.79 Å². The van der Waals surface area contributed by atoms with E-state index < -0.39 is 17.1 Å². The van der Waals surface area contributed by atoms with Crippen molar-refractivity contribution in [3.8, 4) is 11.5 Å². The minimum atomic E-state index is -0.549. The van der Waals surface area contributed by atoms with Gasteiger partial charge in [-0.15, -0.1) is 0 Å². The number of carbonyl (C=O) groups excluding carboxylic acids is 3. The van der Waals surface area contributed by atoms with Crippen molar-refractivity contribution in [2.75, 3.05) is 20.3 Å². The van der Waals surface area contributed by atoms with Crippen molar-refractivity contribution in [2.45, 2.75) is 13.5 Å². The SMILES string of the molecule is CCOC(=O)COc1c(Cl)cc(/C=C2/SC(=O)N(Cc3c(Cl)cccc3Cl)C2=O)cc1OC. The number of nitrogens with zero attached hydrogens (tertiary/aromatic N) is 1. The second-order valence-corrected chi connectivity index (χ2v) is 8.81.